The number of hydrogen-bond donors (Lipinski definition) is 1. The minimum absolute atomic E-state index is 0.0362. The van der Waals surface area contributed by atoms with Crippen LogP contribution in [0.5, 0.6) is 11.5 Å². The van der Waals surface area contributed by atoms with Crippen LogP contribution in [0.2, 0.25) is 10.0 Å². The maximum absolute atomic E-state index is 12.2. The van der Waals surface area contributed by atoms with E-state index in [4.69, 9.17) is 27.9 Å². The van der Waals surface area contributed by atoms with Crippen LogP contribution in [0.25, 0.3) is 0 Å². The summed E-state index contributed by atoms with van der Waals surface area (Å²) in [5.41, 5.74) is 0. The third kappa shape index (κ3) is 3.89. The highest BCUT2D eigenvalue weighted by atomic mass is 79.9. The SMILES string of the molecule is Oc1c(Cl)cc(OC/C=C(\F)Br)cc1Cl. The molecular formula is C9H6BrCl2FO2. The van der Waals surface area contributed by atoms with E-state index >= 15 is 0 Å². The van der Waals surface area contributed by atoms with Gasteiger partial charge in [0.15, 0.2) is 10.5 Å². The maximum Gasteiger partial charge on any atom is 0.165 e. The van der Waals surface area contributed by atoms with E-state index in [9.17, 15) is 9.50 Å². The minimum Gasteiger partial charge on any atom is -0.505 e. The summed E-state index contributed by atoms with van der Waals surface area (Å²) in [6.45, 7) is 0.0362. The third-order valence-electron chi connectivity index (χ3n) is 1.48. The fraction of sp³-hybridized carbons (Fsp3) is 0.111. The van der Waals surface area contributed by atoms with Gasteiger partial charge in [-0.25, -0.2) is 0 Å². The van der Waals surface area contributed by atoms with Crippen molar-refractivity contribution in [1.29, 1.82) is 0 Å². The van der Waals surface area contributed by atoms with Gasteiger partial charge in [-0.3, -0.25) is 0 Å². The van der Waals surface area contributed by atoms with Gasteiger partial charge in [0, 0.05) is 12.1 Å². The van der Waals surface area contributed by atoms with Crippen LogP contribution in [0.1, 0.15) is 0 Å². The monoisotopic (exact) mass is 314 g/mol. The summed E-state index contributed by atoms with van der Waals surface area (Å²) in [7, 11) is 0. The fourth-order valence-corrected chi connectivity index (χ4v) is 1.43. The molecule has 1 N–H and O–H groups in total. The summed E-state index contributed by atoms with van der Waals surface area (Å²) in [5, 5.41) is 9.41. The molecule has 0 saturated carbocycles. The number of halogens is 4. The van der Waals surface area contributed by atoms with Crippen LogP contribution in [0.15, 0.2) is 22.9 Å². The number of rotatable bonds is 3. The molecule has 0 spiro atoms. The number of phenolic OH excluding ortho intramolecular Hbond substituents is 1. The molecule has 0 saturated heterocycles. The molecule has 0 radical (unpaired) electrons. The Morgan fingerprint density at radius 1 is 1.47 bits per heavy atom. The maximum atomic E-state index is 12.2. The lowest BCUT2D eigenvalue weighted by Crippen LogP contribution is -1.93. The molecule has 2 nitrogen and oxygen atoms in total. The molecule has 0 aliphatic heterocycles. The first kappa shape index (κ1) is 12.6. The quantitative estimate of drug-likeness (QED) is 0.902. The van der Waals surface area contributed by atoms with Crippen LogP contribution in [0.3, 0.4) is 0 Å². The number of ether oxygens (including phenoxy) is 1. The second-order valence-electron chi connectivity index (χ2n) is 2.54. The summed E-state index contributed by atoms with van der Waals surface area (Å²) < 4.78 is 16.8. The smallest absolute Gasteiger partial charge is 0.165 e. The highest BCUT2D eigenvalue weighted by molar-refractivity contribution is 9.11. The van der Waals surface area contributed by atoms with E-state index in [1.165, 1.54) is 18.2 Å². The summed E-state index contributed by atoms with van der Waals surface area (Å²) in [6, 6.07) is 2.78. The molecular weight excluding hydrogens is 310 g/mol. The predicted octanol–water partition coefficient (Wildman–Crippen LogP) is 4.28. The molecule has 0 bridgehead atoms. The number of phenols is 1. The van der Waals surface area contributed by atoms with Crippen molar-refractivity contribution >= 4 is 39.1 Å². The zero-order valence-electron chi connectivity index (χ0n) is 7.31. The standard InChI is InChI=1S/C9H6BrCl2FO2/c10-8(13)1-2-15-5-3-6(11)9(14)7(12)4-5/h1,3-4,14H,2H2/b8-1-. The van der Waals surface area contributed by atoms with E-state index < -0.39 is 4.74 Å². The van der Waals surface area contributed by atoms with Gasteiger partial charge < -0.3 is 9.84 Å². The Hall–Kier alpha value is -0.450. The number of benzene rings is 1. The lowest BCUT2D eigenvalue weighted by atomic mass is 10.3. The van der Waals surface area contributed by atoms with Crippen molar-refractivity contribution in [2.24, 2.45) is 0 Å². The Balaban J connectivity index is 2.75. The Kier molecular flexibility index (Phi) is 4.70. The first-order valence-electron chi connectivity index (χ1n) is 3.82. The molecule has 0 amide bonds. The molecule has 1 aromatic rings. The number of hydrogen-bond acceptors (Lipinski definition) is 2. The van der Waals surface area contributed by atoms with Gasteiger partial charge in [0.05, 0.1) is 10.0 Å². The van der Waals surface area contributed by atoms with Crippen LogP contribution < -0.4 is 4.74 Å². The van der Waals surface area contributed by atoms with Crippen LogP contribution in [0, 0.1) is 0 Å². The second-order valence-corrected chi connectivity index (χ2v) is 4.11. The predicted molar refractivity (Wildman–Crippen MR) is 61.7 cm³/mol. The fourth-order valence-electron chi connectivity index (χ4n) is 0.826. The lowest BCUT2D eigenvalue weighted by molar-refractivity contribution is 0.359. The first-order valence-corrected chi connectivity index (χ1v) is 5.37. The molecule has 0 heterocycles. The van der Waals surface area contributed by atoms with E-state index in [0.29, 0.717) is 5.75 Å². The molecule has 1 aromatic carbocycles. The number of aromatic hydroxyl groups is 1. The van der Waals surface area contributed by atoms with Gasteiger partial charge in [-0.1, -0.05) is 23.2 Å². The van der Waals surface area contributed by atoms with Gasteiger partial charge in [0.25, 0.3) is 0 Å². The van der Waals surface area contributed by atoms with Gasteiger partial charge in [-0.2, -0.15) is 4.39 Å². The van der Waals surface area contributed by atoms with E-state index in [1.54, 1.807) is 0 Å². The van der Waals surface area contributed by atoms with E-state index in [2.05, 4.69) is 15.9 Å². The topological polar surface area (TPSA) is 29.5 Å². The van der Waals surface area contributed by atoms with Crippen LogP contribution in [-0.4, -0.2) is 11.7 Å². The normalized spacial score (nSPS) is 11.6. The highest BCUT2D eigenvalue weighted by Crippen LogP contribution is 2.35. The Morgan fingerprint density at radius 2 is 2.00 bits per heavy atom. The van der Waals surface area contributed by atoms with Crippen molar-refractivity contribution in [1.82, 2.24) is 0 Å². The Morgan fingerprint density at radius 3 is 2.47 bits per heavy atom. The summed E-state index contributed by atoms with van der Waals surface area (Å²) in [6.07, 6.45) is 1.19. The van der Waals surface area contributed by atoms with Gasteiger partial charge in [-0.05, 0) is 22.0 Å². The molecule has 82 valence electrons. The van der Waals surface area contributed by atoms with Crippen molar-refractivity contribution < 1.29 is 14.2 Å². The molecule has 0 atom stereocenters. The molecule has 6 heteroatoms. The first-order chi connectivity index (χ1) is 7.00. The summed E-state index contributed by atoms with van der Waals surface area (Å²) in [5.74, 6) is 0.153. The van der Waals surface area contributed by atoms with Crippen LogP contribution in [-0.2, 0) is 0 Å². The lowest BCUT2D eigenvalue weighted by Gasteiger charge is -2.06. The average Bonchev–Trinajstić information content (AvgIpc) is 2.13. The highest BCUT2D eigenvalue weighted by Gasteiger charge is 2.06. The van der Waals surface area contributed by atoms with Crippen LogP contribution >= 0.6 is 39.1 Å². The van der Waals surface area contributed by atoms with Gasteiger partial charge in [-0.15, -0.1) is 0 Å². The van der Waals surface area contributed by atoms with Crippen molar-refractivity contribution in [2.45, 2.75) is 0 Å². The molecule has 0 fully saturated rings. The summed E-state index contributed by atoms with van der Waals surface area (Å²) >= 11 is 13.9. The van der Waals surface area contributed by atoms with Crippen molar-refractivity contribution in [3.8, 4) is 11.5 Å². The van der Waals surface area contributed by atoms with Gasteiger partial charge in [0.2, 0.25) is 0 Å². The Labute approximate surface area is 104 Å². The molecule has 0 aliphatic carbocycles. The van der Waals surface area contributed by atoms with Gasteiger partial charge in [0.1, 0.15) is 12.4 Å². The van der Waals surface area contributed by atoms with E-state index in [1.807, 2.05) is 0 Å². The van der Waals surface area contributed by atoms with Crippen LogP contribution in [0.4, 0.5) is 4.39 Å². The van der Waals surface area contributed by atoms with Gasteiger partial charge >= 0.3 is 0 Å². The molecule has 0 unspecified atom stereocenters. The van der Waals surface area contributed by atoms with Crippen molar-refractivity contribution in [3.63, 3.8) is 0 Å². The van der Waals surface area contributed by atoms with Crippen molar-refractivity contribution in [3.05, 3.63) is 33.0 Å². The zero-order chi connectivity index (χ0) is 11.4. The Bertz CT molecular complexity index is 369. The summed E-state index contributed by atoms with van der Waals surface area (Å²) in [4.78, 5) is 0. The third-order valence-corrected chi connectivity index (χ3v) is 2.38. The van der Waals surface area contributed by atoms with E-state index in [-0.39, 0.29) is 22.4 Å². The molecule has 1 rings (SSSR count). The van der Waals surface area contributed by atoms with E-state index in [0.717, 1.165) is 0 Å². The molecule has 0 aliphatic rings. The largest absolute Gasteiger partial charge is 0.505 e. The minimum atomic E-state index is -0.515. The molecule has 0 aromatic heterocycles. The molecule has 15 heavy (non-hydrogen) atoms. The second kappa shape index (κ2) is 5.58. The zero-order valence-corrected chi connectivity index (χ0v) is 10.4. The average molecular weight is 316 g/mol. The van der Waals surface area contributed by atoms with Crippen molar-refractivity contribution in [2.75, 3.05) is 6.61 Å².